The lowest BCUT2D eigenvalue weighted by Gasteiger charge is -2.12. The molecule has 114 valence electrons. The summed E-state index contributed by atoms with van der Waals surface area (Å²) in [5.74, 6) is -0.347. The fourth-order valence-electron chi connectivity index (χ4n) is 2.19. The van der Waals surface area contributed by atoms with Crippen LogP contribution in [0.15, 0.2) is 18.2 Å². The molecular formula is C14H13N3O4S. The maximum atomic E-state index is 11.9. The van der Waals surface area contributed by atoms with E-state index in [9.17, 15) is 14.4 Å². The van der Waals surface area contributed by atoms with Crippen molar-refractivity contribution in [1.29, 1.82) is 0 Å². The second kappa shape index (κ2) is 5.72. The summed E-state index contributed by atoms with van der Waals surface area (Å²) >= 11 is 1.30. The fraction of sp³-hybridized carbons (Fsp3) is 0.286. The summed E-state index contributed by atoms with van der Waals surface area (Å²) in [5.41, 5.74) is 0.745. The minimum Gasteiger partial charge on any atom is -0.497 e. The smallest absolute Gasteiger partial charge is 0.246 e. The second-order valence-electron chi connectivity index (χ2n) is 4.77. The van der Waals surface area contributed by atoms with Gasteiger partial charge in [0.25, 0.3) is 0 Å². The van der Waals surface area contributed by atoms with E-state index in [0.29, 0.717) is 10.9 Å². The van der Waals surface area contributed by atoms with Crippen LogP contribution in [-0.4, -0.2) is 41.3 Å². The molecule has 22 heavy (non-hydrogen) atoms. The molecule has 0 unspecified atom stereocenters. The number of fused-ring (bicyclic) bond motifs is 1. The molecule has 2 heterocycles. The van der Waals surface area contributed by atoms with Crippen LogP contribution in [0.25, 0.3) is 10.2 Å². The van der Waals surface area contributed by atoms with E-state index in [4.69, 9.17) is 4.74 Å². The third-order valence-corrected chi connectivity index (χ3v) is 4.23. The van der Waals surface area contributed by atoms with E-state index in [0.717, 1.165) is 15.1 Å². The molecule has 1 aliphatic heterocycles. The molecule has 0 spiro atoms. The van der Waals surface area contributed by atoms with Gasteiger partial charge in [-0.3, -0.25) is 19.3 Å². The Labute approximate surface area is 129 Å². The van der Waals surface area contributed by atoms with Crippen LogP contribution in [0.2, 0.25) is 0 Å². The predicted octanol–water partition coefficient (Wildman–Crippen LogP) is 1.39. The van der Waals surface area contributed by atoms with Crippen molar-refractivity contribution in [2.24, 2.45) is 0 Å². The average Bonchev–Trinajstić information content (AvgIpc) is 3.03. The fourth-order valence-corrected chi connectivity index (χ4v) is 3.10. The van der Waals surface area contributed by atoms with E-state index < -0.39 is 5.91 Å². The number of rotatable bonds is 4. The molecule has 1 fully saturated rings. The normalized spacial score (nSPS) is 14.7. The molecule has 0 aliphatic carbocycles. The van der Waals surface area contributed by atoms with Gasteiger partial charge < -0.3 is 10.1 Å². The number of ether oxygens (including phenoxy) is 1. The molecule has 3 amide bonds. The van der Waals surface area contributed by atoms with Gasteiger partial charge in [0.1, 0.15) is 12.3 Å². The summed E-state index contributed by atoms with van der Waals surface area (Å²) in [5, 5.41) is 3.04. The molecule has 3 rings (SSSR count). The van der Waals surface area contributed by atoms with Crippen molar-refractivity contribution in [3.8, 4) is 5.75 Å². The number of imide groups is 1. The second-order valence-corrected chi connectivity index (χ2v) is 5.81. The molecule has 1 N–H and O–H groups in total. The Balaban J connectivity index is 1.71. The summed E-state index contributed by atoms with van der Waals surface area (Å²) < 4.78 is 6.01. The number of methoxy groups -OCH3 is 1. The summed E-state index contributed by atoms with van der Waals surface area (Å²) in [6.45, 7) is -0.267. The van der Waals surface area contributed by atoms with Gasteiger partial charge in [0.2, 0.25) is 17.7 Å². The van der Waals surface area contributed by atoms with Crippen molar-refractivity contribution in [3.05, 3.63) is 18.2 Å². The molecule has 1 aromatic carbocycles. The molecule has 1 saturated heterocycles. The maximum absolute atomic E-state index is 11.9. The van der Waals surface area contributed by atoms with Crippen LogP contribution < -0.4 is 10.1 Å². The number of aromatic nitrogens is 1. The molecule has 0 radical (unpaired) electrons. The van der Waals surface area contributed by atoms with Crippen LogP contribution in [0.4, 0.5) is 5.13 Å². The molecule has 8 heteroatoms. The van der Waals surface area contributed by atoms with E-state index in [-0.39, 0.29) is 31.2 Å². The Hall–Kier alpha value is -2.48. The van der Waals surface area contributed by atoms with Gasteiger partial charge in [-0.1, -0.05) is 11.3 Å². The van der Waals surface area contributed by atoms with Gasteiger partial charge in [-0.25, -0.2) is 4.98 Å². The molecule has 7 nitrogen and oxygen atoms in total. The van der Waals surface area contributed by atoms with Crippen LogP contribution in [0.1, 0.15) is 12.8 Å². The summed E-state index contributed by atoms with van der Waals surface area (Å²) in [4.78, 5) is 40.2. The zero-order valence-corrected chi connectivity index (χ0v) is 12.6. The Kier molecular flexibility index (Phi) is 3.76. The standard InChI is InChI=1S/C14H13N3O4S/c1-21-8-2-3-9-10(6-8)22-14(15-9)16-11(18)7-17-12(19)4-5-13(17)20/h2-3,6H,4-5,7H2,1H3,(H,15,16,18). The zero-order valence-electron chi connectivity index (χ0n) is 11.8. The summed E-state index contributed by atoms with van der Waals surface area (Å²) in [7, 11) is 1.58. The largest absolute Gasteiger partial charge is 0.497 e. The average molecular weight is 319 g/mol. The van der Waals surface area contributed by atoms with Gasteiger partial charge in [-0.05, 0) is 18.2 Å². The Morgan fingerprint density at radius 3 is 2.77 bits per heavy atom. The van der Waals surface area contributed by atoms with E-state index in [1.807, 2.05) is 6.07 Å². The predicted molar refractivity (Wildman–Crippen MR) is 80.8 cm³/mol. The van der Waals surface area contributed by atoms with Crippen LogP contribution in [0, 0.1) is 0 Å². The Bertz CT molecular complexity index is 755. The number of nitrogens with zero attached hydrogens (tertiary/aromatic N) is 2. The first-order chi connectivity index (χ1) is 10.6. The van der Waals surface area contributed by atoms with E-state index >= 15 is 0 Å². The van der Waals surface area contributed by atoms with Crippen LogP contribution in [-0.2, 0) is 14.4 Å². The van der Waals surface area contributed by atoms with Crippen molar-refractivity contribution in [1.82, 2.24) is 9.88 Å². The van der Waals surface area contributed by atoms with Gasteiger partial charge >= 0.3 is 0 Å². The van der Waals surface area contributed by atoms with Crippen molar-refractivity contribution >= 4 is 44.4 Å². The minimum atomic E-state index is -0.436. The topological polar surface area (TPSA) is 88.6 Å². The third kappa shape index (κ3) is 2.77. The highest BCUT2D eigenvalue weighted by molar-refractivity contribution is 7.22. The van der Waals surface area contributed by atoms with E-state index in [1.54, 1.807) is 19.2 Å². The number of anilines is 1. The number of thiazole rings is 1. The van der Waals surface area contributed by atoms with Gasteiger partial charge in [0.15, 0.2) is 5.13 Å². The number of likely N-dealkylation sites (tertiary alicyclic amines) is 1. The molecule has 2 aromatic rings. The van der Waals surface area contributed by atoms with Gasteiger partial charge in [-0.15, -0.1) is 0 Å². The van der Waals surface area contributed by atoms with Crippen LogP contribution in [0.3, 0.4) is 0 Å². The van der Waals surface area contributed by atoms with Crippen molar-refractivity contribution in [2.45, 2.75) is 12.8 Å². The number of amides is 3. The number of hydrogen-bond acceptors (Lipinski definition) is 6. The molecular weight excluding hydrogens is 306 g/mol. The highest BCUT2D eigenvalue weighted by Gasteiger charge is 2.30. The first kappa shape index (κ1) is 14.5. The molecule has 1 aromatic heterocycles. The van der Waals surface area contributed by atoms with Crippen molar-refractivity contribution in [2.75, 3.05) is 19.0 Å². The van der Waals surface area contributed by atoms with E-state index in [1.165, 1.54) is 11.3 Å². The SMILES string of the molecule is COc1ccc2nc(NC(=O)CN3C(=O)CCC3=O)sc2c1. The monoisotopic (exact) mass is 319 g/mol. The maximum Gasteiger partial charge on any atom is 0.246 e. The lowest BCUT2D eigenvalue weighted by molar-refractivity contribution is -0.141. The van der Waals surface area contributed by atoms with Crippen molar-refractivity contribution in [3.63, 3.8) is 0 Å². The van der Waals surface area contributed by atoms with Crippen LogP contribution in [0.5, 0.6) is 5.75 Å². The van der Waals surface area contributed by atoms with Gasteiger partial charge in [0, 0.05) is 12.8 Å². The number of hydrogen-bond donors (Lipinski definition) is 1. The summed E-state index contributed by atoms with van der Waals surface area (Å²) in [6, 6.07) is 5.42. The number of carbonyl (C=O) groups is 3. The molecule has 0 atom stereocenters. The van der Waals surface area contributed by atoms with Crippen molar-refractivity contribution < 1.29 is 19.1 Å². The van der Waals surface area contributed by atoms with Gasteiger partial charge in [0.05, 0.1) is 17.3 Å². The minimum absolute atomic E-state index is 0.174. The number of benzene rings is 1. The molecule has 1 aliphatic rings. The Morgan fingerprint density at radius 1 is 1.36 bits per heavy atom. The summed E-state index contributed by atoms with van der Waals surface area (Å²) in [6.07, 6.45) is 0.347. The lowest BCUT2D eigenvalue weighted by Crippen LogP contribution is -2.36. The van der Waals surface area contributed by atoms with Gasteiger partial charge in [-0.2, -0.15) is 0 Å². The lowest BCUT2D eigenvalue weighted by atomic mass is 10.3. The molecule has 0 bridgehead atoms. The third-order valence-electron chi connectivity index (χ3n) is 3.30. The van der Waals surface area contributed by atoms with Crippen LogP contribution >= 0.6 is 11.3 Å². The Morgan fingerprint density at radius 2 is 2.09 bits per heavy atom. The first-order valence-electron chi connectivity index (χ1n) is 6.64. The first-order valence-corrected chi connectivity index (χ1v) is 7.46. The highest BCUT2D eigenvalue weighted by atomic mass is 32.1. The quantitative estimate of drug-likeness (QED) is 0.860. The molecule has 0 saturated carbocycles. The zero-order chi connectivity index (χ0) is 15.7. The number of carbonyl (C=O) groups excluding carboxylic acids is 3. The highest BCUT2D eigenvalue weighted by Crippen LogP contribution is 2.29. The number of nitrogens with one attached hydrogen (secondary N) is 1. The van der Waals surface area contributed by atoms with E-state index in [2.05, 4.69) is 10.3 Å².